The van der Waals surface area contributed by atoms with Crippen LogP contribution in [0.5, 0.6) is 0 Å². The number of hydrogen-bond donors (Lipinski definition) is 0. The van der Waals surface area contributed by atoms with Gasteiger partial charge in [-0.1, -0.05) is 111 Å². The molecule has 2 atom stereocenters. The minimum Gasteiger partial charge on any atom is -0.511 e. The molecule has 5 nitrogen and oxygen atoms in total. The van der Waals surface area contributed by atoms with Crippen LogP contribution in [-0.2, 0) is 43.1 Å². The molecule has 310 valence electrons. The Hall–Kier alpha value is -5.77. The Kier molecular flexibility index (Phi) is 8.65. The first-order valence-electron chi connectivity index (χ1n) is 22.4. The van der Waals surface area contributed by atoms with Crippen molar-refractivity contribution in [1.82, 2.24) is 14.1 Å². The Morgan fingerprint density at radius 3 is 2.27 bits per heavy atom. The molecule has 3 aromatic heterocycles. The molecule has 0 saturated heterocycles. The standard InChI is InChI=1S/C56H50N4O.Pt/c1-33-17-21-48-44(26-33)45-27-35(3)50(60-49-22-19-38(37-14-11-10-12-15-37)30-46(49)43-16-13-25-57-52(43)60)32-51(45)59(48)41-29-39(28-40(31-41)54(5,6)7)53-58-56(9)47-20-18-34(2)36(4)42(47)23-24-55(56,8)61-53;/h10-22,25-28,30-31H,23-24H2,1-9H3;/q-2;+2/t55-,56+;/m0./s1/i23D2;. The number of ether oxygens (including phenoxy) is 1. The van der Waals surface area contributed by atoms with Gasteiger partial charge in [0.05, 0.1) is 5.52 Å². The predicted molar refractivity (Wildman–Crippen MR) is 252 cm³/mol. The van der Waals surface area contributed by atoms with E-state index in [1.807, 2.05) is 26.1 Å². The van der Waals surface area contributed by atoms with Crippen LogP contribution in [0.2, 0.25) is 0 Å². The van der Waals surface area contributed by atoms with Crippen LogP contribution in [-0.4, -0.2) is 25.6 Å². The molecule has 0 amide bonds. The minimum absolute atomic E-state index is 0. The van der Waals surface area contributed by atoms with Crippen molar-refractivity contribution in [2.75, 3.05) is 0 Å². The van der Waals surface area contributed by atoms with Crippen LogP contribution in [0, 0.1) is 39.8 Å². The van der Waals surface area contributed by atoms with E-state index in [1.165, 1.54) is 11.1 Å². The minimum atomic E-state index is -1.59. The summed E-state index contributed by atoms with van der Waals surface area (Å²) in [4.78, 5) is 10.5. The zero-order valence-corrected chi connectivity index (χ0v) is 39.0. The summed E-state index contributed by atoms with van der Waals surface area (Å²) in [5.41, 5.74) is 13.9. The van der Waals surface area contributed by atoms with Crippen molar-refractivity contribution in [2.45, 2.75) is 91.7 Å². The van der Waals surface area contributed by atoms with Gasteiger partial charge < -0.3 is 13.9 Å². The van der Waals surface area contributed by atoms with E-state index in [2.05, 4.69) is 173 Å². The molecule has 1 aliphatic carbocycles. The fraction of sp³-hybridized carbons (Fsp3) is 0.250. The molecular weight excluding hydrogens is 940 g/mol. The molecule has 4 heterocycles. The Labute approximate surface area is 381 Å². The summed E-state index contributed by atoms with van der Waals surface area (Å²) >= 11 is 0. The molecule has 0 spiro atoms. The first kappa shape index (κ1) is 37.9. The Morgan fingerprint density at radius 2 is 1.48 bits per heavy atom. The number of pyridine rings is 1. The molecule has 6 aromatic carbocycles. The Bertz CT molecular complexity index is 3450. The van der Waals surface area contributed by atoms with Crippen molar-refractivity contribution in [1.29, 1.82) is 0 Å². The topological polar surface area (TPSA) is 44.3 Å². The Morgan fingerprint density at radius 1 is 0.726 bits per heavy atom. The van der Waals surface area contributed by atoms with E-state index in [9.17, 15) is 2.74 Å². The van der Waals surface area contributed by atoms with Gasteiger partial charge in [0.15, 0.2) is 0 Å². The zero-order chi connectivity index (χ0) is 44.0. The summed E-state index contributed by atoms with van der Waals surface area (Å²) < 4.78 is 30.2. The summed E-state index contributed by atoms with van der Waals surface area (Å²) in [6.45, 7) is 19.2. The van der Waals surface area contributed by atoms with E-state index < -0.39 is 17.5 Å². The SMILES string of the molecule is [2H]C1([2H])C[C@]2(C)OC(c3[c-]c(-n4c5[c-]c(-n6c7ccc(-c8ccccc8)cc7c7cccnc76)c(C)cc5c5cc(C)ccc54)cc(C(C)(C)C)c3)=N[C@]2(C)c2ccc(C)c(C)c21.[Pt+2]. The number of aromatic nitrogens is 3. The molecule has 0 unspecified atom stereocenters. The van der Waals surface area contributed by atoms with Crippen LogP contribution in [0.3, 0.4) is 0 Å². The predicted octanol–water partition coefficient (Wildman–Crippen LogP) is 13.5. The molecular formula is C56H50N4OPt. The van der Waals surface area contributed by atoms with Crippen molar-refractivity contribution >= 4 is 49.6 Å². The number of rotatable bonds is 4. The second-order valence-electron chi connectivity index (χ2n) is 18.8. The molecule has 0 saturated carbocycles. The number of nitrogens with zero attached hydrogens (tertiary/aromatic N) is 4. The van der Waals surface area contributed by atoms with Crippen molar-refractivity contribution in [3.63, 3.8) is 0 Å². The van der Waals surface area contributed by atoms with Crippen molar-refractivity contribution in [2.24, 2.45) is 4.99 Å². The number of hydrogen-bond acceptors (Lipinski definition) is 3. The summed E-state index contributed by atoms with van der Waals surface area (Å²) in [5.74, 6) is 0.484. The fourth-order valence-electron chi connectivity index (χ4n) is 9.81. The average Bonchev–Trinajstić information content (AvgIpc) is 3.84. The monoisotopic (exact) mass is 991 g/mol. The quantitative estimate of drug-likeness (QED) is 0.165. The van der Waals surface area contributed by atoms with Gasteiger partial charge in [0.1, 0.15) is 22.7 Å². The van der Waals surface area contributed by atoms with Crippen LogP contribution >= 0.6 is 0 Å². The molecule has 6 heteroatoms. The molecule has 0 radical (unpaired) electrons. The largest absolute Gasteiger partial charge is 2.00 e. The second-order valence-corrected chi connectivity index (χ2v) is 18.8. The maximum Gasteiger partial charge on any atom is 2.00 e. The van der Waals surface area contributed by atoms with E-state index in [-0.39, 0.29) is 32.9 Å². The van der Waals surface area contributed by atoms with Crippen molar-refractivity contribution in [3.8, 4) is 22.5 Å². The summed E-state index contributed by atoms with van der Waals surface area (Å²) in [5, 5.41) is 4.48. The first-order valence-corrected chi connectivity index (χ1v) is 21.4. The Balaban J connectivity index is 0.00000484. The maximum atomic E-state index is 9.33. The van der Waals surface area contributed by atoms with Crippen LogP contribution in [0.25, 0.3) is 66.2 Å². The van der Waals surface area contributed by atoms with Gasteiger partial charge >= 0.3 is 21.1 Å². The molecule has 11 rings (SSSR count). The van der Waals surface area contributed by atoms with Gasteiger partial charge in [0.25, 0.3) is 0 Å². The smallest absolute Gasteiger partial charge is 0.511 e. The zero-order valence-electron chi connectivity index (χ0n) is 38.7. The number of fused-ring (bicyclic) bond motifs is 9. The normalized spacial score (nSPS) is 19.8. The molecule has 0 fully saturated rings. The molecule has 9 aromatic rings. The number of aryl methyl sites for hydroxylation is 3. The van der Waals surface area contributed by atoms with E-state index in [4.69, 9.17) is 14.7 Å². The maximum absolute atomic E-state index is 9.33. The van der Waals surface area contributed by atoms with Crippen molar-refractivity contribution in [3.05, 3.63) is 172 Å². The van der Waals surface area contributed by atoms with Gasteiger partial charge in [0, 0.05) is 25.2 Å². The van der Waals surface area contributed by atoms with Gasteiger partial charge in [-0.3, -0.25) is 4.99 Å². The summed E-state index contributed by atoms with van der Waals surface area (Å²) in [7, 11) is 0. The average molecular weight is 992 g/mol. The molecule has 0 N–H and O–H groups in total. The van der Waals surface area contributed by atoms with Gasteiger partial charge in [-0.2, -0.15) is 6.07 Å². The van der Waals surface area contributed by atoms with E-state index in [0.717, 1.165) is 99.6 Å². The van der Waals surface area contributed by atoms with Gasteiger partial charge in [-0.15, -0.1) is 40.8 Å². The van der Waals surface area contributed by atoms with Gasteiger partial charge in [-0.25, -0.2) is 4.98 Å². The first-order chi connectivity index (χ1) is 30.0. The van der Waals surface area contributed by atoms with Crippen LogP contribution in [0.4, 0.5) is 0 Å². The van der Waals surface area contributed by atoms with E-state index in [1.54, 1.807) is 0 Å². The van der Waals surface area contributed by atoms with E-state index in [0.29, 0.717) is 5.90 Å². The summed E-state index contributed by atoms with van der Waals surface area (Å²) in [6.07, 6.45) is 0.467. The molecule has 1 aliphatic heterocycles. The second kappa shape index (κ2) is 14.1. The third kappa shape index (κ3) is 5.91. The molecule has 62 heavy (non-hydrogen) atoms. The third-order valence-electron chi connectivity index (χ3n) is 13.7. The third-order valence-corrected chi connectivity index (χ3v) is 13.7. The number of aliphatic imine (C=N–C) groups is 1. The van der Waals surface area contributed by atoms with Crippen LogP contribution in [0.1, 0.15) is 88.3 Å². The number of benzene rings is 6. The van der Waals surface area contributed by atoms with Gasteiger partial charge in [0.2, 0.25) is 0 Å². The van der Waals surface area contributed by atoms with Gasteiger partial charge in [-0.05, 0) is 128 Å². The molecule has 0 bridgehead atoms. The van der Waals surface area contributed by atoms with Crippen LogP contribution < -0.4 is 0 Å². The van der Waals surface area contributed by atoms with Crippen LogP contribution in [0.15, 0.2) is 120 Å². The molecule has 2 aliphatic rings. The van der Waals surface area contributed by atoms with Crippen molar-refractivity contribution < 1.29 is 28.5 Å². The van der Waals surface area contributed by atoms with E-state index >= 15 is 0 Å². The fourth-order valence-corrected chi connectivity index (χ4v) is 9.81. The summed E-state index contributed by atoms with van der Waals surface area (Å²) in [6, 6.07) is 46.8.